The van der Waals surface area contributed by atoms with Crippen LogP contribution in [-0.4, -0.2) is 59.1 Å². The Bertz CT molecular complexity index is 331. The van der Waals surface area contributed by atoms with Crippen molar-refractivity contribution in [3.63, 3.8) is 0 Å². The second-order valence-electron chi connectivity index (χ2n) is 11.8. The van der Waals surface area contributed by atoms with Gasteiger partial charge in [0.25, 0.3) is 0 Å². The fraction of sp³-hybridized carbons (Fsp3) is 1.00. The summed E-state index contributed by atoms with van der Waals surface area (Å²) in [4.78, 5) is 0. The molecule has 0 aliphatic carbocycles. The first-order valence-corrected chi connectivity index (χ1v) is 18.4. The number of rotatable bonds is 27. The Balaban J connectivity index is -0.000000166. The van der Waals surface area contributed by atoms with Gasteiger partial charge in [0.1, 0.15) is 0 Å². The molecule has 0 aromatic rings. The molecule has 5 heteroatoms. The zero-order valence-corrected chi connectivity index (χ0v) is 30.0. The molecule has 0 saturated heterocycles. The predicted octanol–water partition coefficient (Wildman–Crippen LogP) is 10.4. The Labute approximate surface area is 266 Å². The third kappa shape index (κ3) is 77.5. The van der Waals surface area contributed by atoms with Gasteiger partial charge in [0.05, 0.1) is 0 Å². The van der Waals surface area contributed by atoms with E-state index >= 15 is 0 Å². The van der Waals surface area contributed by atoms with E-state index in [-0.39, 0.29) is 6.61 Å². The summed E-state index contributed by atoms with van der Waals surface area (Å²) < 4.78 is 0. The van der Waals surface area contributed by atoms with E-state index in [1.807, 2.05) is 0 Å². The molecule has 0 aliphatic rings. The Morgan fingerprint density at radius 3 is 0.714 bits per heavy atom. The number of aliphatic hydroxyl groups excluding tert-OH is 5. The van der Waals surface area contributed by atoms with Crippen LogP contribution >= 0.6 is 0 Å². The molecular formula is C37H84O5. The van der Waals surface area contributed by atoms with Crippen LogP contribution < -0.4 is 0 Å². The molecule has 5 nitrogen and oxygen atoms in total. The van der Waals surface area contributed by atoms with Gasteiger partial charge in [-0.15, -0.1) is 0 Å². The largest absolute Gasteiger partial charge is 0.400 e. The van der Waals surface area contributed by atoms with Crippen molar-refractivity contribution in [1.29, 1.82) is 0 Å². The molecule has 0 saturated carbocycles. The molecule has 5 N–H and O–H groups in total. The number of hydrogen-bond donors (Lipinski definition) is 5. The molecular weight excluding hydrogens is 524 g/mol. The van der Waals surface area contributed by atoms with E-state index in [1.54, 1.807) is 6.92 Å². The van der Waals surface area contributed by atoms with Crippen molar-refractivity contribution in [3.05, 3.63) is 0 Å². The van der Waals surface area contributed by atoms with E-state index in [4.69, 9.17) is 25.5 Å². The van der Waals surface area contributed by atoms with Gasteiger partial charge < -0.3 is 25.5 Å². The number of hydrogen-bond acceptors (Lipinski definition) is 5. The van der Waals surface area contributed by atoms with Crippen LogP contribution in [0.15, 0.2) is 0 Å². The van der Waals surface area contributed by atoms with Gasteiger partial charge in [-0.2, -0.15) is 0 Å². The predicted molar refractivity (Wildman–Crippen MR) is 188 cm³/mol. The Morgan fingerprint density at radius 2 is 0.524 bits per heavy atom. The van der Waals surface area contributed by atoms with Crippen molar-refractivity contribution in [1.82, 2.24) is 0 Å². The van der Waals surface area contributed by atoms with Crippen molar-refractivity contribution >= 4 is 0 Å². The molecule has 262 valence electrons. The molecule has 0 spiro atoms. The van der Waals surface area contributed by atoms with Crippen molar-refractivity contribution in [3.8, 4) is 0 Å². The van der Waals surface area contributed by atoms with Gasteiger partial charge in [-0.05, 0) is 32.1 Å². The standard InChI is InChI=1S/C18H38O.2C8H18O.C2H6O.CH4O/c1-2-3-4-5-6-7-8-9-10-11-12-13-14-15-16-17-18-19;1-8(2)6-4-3-5-7-9;1-2-3-4-5-6-7-8-9;1-2-3;1-2/h19H,2-18H2,1H3;8-9H,3-7H2,1-2H3;9H,2-8H2,1H3;3H,2H2,1H3;2H,1H3. The summed E-state index contributed by atoms with van der Waals surface area (Å²) in [5, 5.41) is 40.1. The minimum absolute atomic E-state index is 0.250. The molecule has 0 unspecified atom stereocenters. The highest BCUT2D eigenvalue weighted by atomic mass is 16.3. The van der Waals surface area contributed by atoms with Crippen LogP contribution in [0.3, 0.4) is 0 Å². The molecule has 0 atom stereocenters. The Hall–Kier alpha value is -0.200. The summed E-state index contributed by atoms with van der Waals surface area (Å²) in [6.45, 7) is 12.0. The minimum atomic E-state index is 0.250. The normalized spacial score (nSPS) is 10.0. The van der Waals surface area contributed by atoms with E-state index in [0.29, 0.717) is 19.8 Å². The first-order chi connectivity index (χ1) is 20.5. The maximum atomic E-state index is 8.67. The fourth-order valence-electron chi connectivity index (χ4n) is 4.39. The molecule has 0 aromatic heterocycles. The second kappa shape index (κ2) is 60.1. The fourth-order valence-corrected chi connectivity index (χ4v) is 4.39. The number of aliphatic hydroxyl groups is 5. The summed E-state index contributed by atoms with van der Waals surface area (Å²) in [7, 11) is 1.00. The van der Waals surface area contributed by atoms with Crippen molar-refractivity contribution in [2.24, 2.45) is 5.92 Å². The second-order valence-corrected chi connectivity index (χ2v) is 11.8. The van der Waals surface area contributed by atoms with Gasteiger partial charge >= 0.3 is 0 Å². The Morgan fingerprint density at radius 1 is 0.333 bits per heavy atom. The molecule has 0 radical (unpaired) electrons. The topological polar surface area (TPSA) is 101 Å². The van der Waals surface area contributed by atoms with Gasteiger partial charge in [-0.1, -0.05) is 175 Å². The van der Waals surface area contributed by atoms with Crippen LogP contribution in [0.4, 0.5) is 0 Å². The van der Waals surface area contributed by atoms with E-state index in [9.17, 15) is 0 Å². The Kier molecular flexibility index (Phi) is 73.5. The highest BCUT2D eigenvalue weighted by Crippen LogP contribution is 2.13. The van der Waals surface area contributed by atoms with Crippen molar-refractivity contribution < 1.29 is 25.5 Å². The quantitative estimate of drug-likeness (QED) is 0.0597. The summed E-state index contributed by atoms with van der Waals surface area (Å²) >= 11 is 0. The zero-order valence-electron chi connectivity index (χ0n) is 30.0. The molecule has 42 heavy (non-hydrogen) atoms. The molecule has 0 bridgehead atoms. The van der Waals surface area contributed by atoms with Crippen molar-refractivity contribution in [2.75, 3.05) is 33.5 Å². The van der Waals surface area contributed by atoms with E-state index in [2.05, 4.69) is 27.7 Å². The van der Waals surface area contributed by atoms with Gasteiger partial charge in [0.15, 0.2) is 0 Å². The van der Waals surface area contributed by atoms with E-state index in [0.717, 1.165) is 32.3 Å². The molecule has 0 amide bonds. The lowest BCUT2D eigenvalue weighted by molar-refractivity contribution is 0.281. The van der Waals surface area contributed by atoms with Gasteiger partial charge in [0.2, 0.25) is 0 Å². The third-order valence-electron chi connectivity index (χ3n) is 6.96. The van der Waals surface area contributed by atoms with Gasteiger partial charge in [0, 0.05) is 33.5 Å². The van der Waals surface area contributed by atoms with Crippen LogP contribution in [0, 0.1) is 5.92 Å². The maximum absolute atomic E-state index is 8.67. The summed E-state index contributed by atoms with van der Waals surface area (Å²) in [6, 6.07) is 0. The van der Waals surface area contributed by atoms with Gasteiger partial charge in [-0.3, -0.25) is 0 Å². The highest BCUT2D eigenvalue weighted by Gasteiger charge is 1.94. The lowest BCUT2D eigenvalue weighted by Crippen LogP contribution is -1.88. The summed E-state index contributed by atoms with van der Waals surface area (Å²) in [6.07, 6.45) is 34.4. The van der Waals surface area contributed by atoms with Crippen LogP contribution in [0.25, 0.3) is 0 Å². The van der Waals surface area contributed by atoms with Crippen LogP contribution in [0.5, 0.6) is 0 Å². The van der Waals surface area contributed by atoms with E-state index < -0.39 is 0 Å². The minimum Gasteiger partial charge on any atom is -0.400 e. The van der Waals surface area contributed by atoms with Crippen molar-refractivity contribution in [2.45, 2.75) is 202 Å². The lowest BCUT2D eigenvalue weighted by atomic mass is 10.0. The maximum Gasteiger partial charge on any atom is 0.0431 e. The smallest absolute Gasteiger partial charge is 0.0431 e. The van der Waals surface area contributed by atoms with Crippen LogP contribution in [0.1, 0.15) is 202 Å². The molecule has 0 aliphatic heterocycles. The van der Waals surface area contributed by atoms with E-state index in [1.165, 1.54) is 148 Å². The average molecular weight is 609 g/mol. The summed E-state index contributed by atoms with van der Waals surface area (Å²) in [5.74, 6) is 0.823. The summed E-state index contributed by atoms with van der Waals surface area (Å²) in [5.41, 5.74) is 0. The highest BCUT2D eigenvalue weighted by molar-refractivity contribution is 4.50. The molecule has 0 fully saturated rings. The first kappa shape index (κ1) is 51.4. The average Bonchev–Trinajstić information content (AvgIpc) is 2.99. The van der Waals surface area contributed by atoms with Gasteiger partial charge in [-0.25, -0.2) is 0 Å². The SMILES string of the molecule is CC(C)CCCCCO.CCCCCCCCCCCCCCCCCCO.CCCCCCCCO.CCO.CO. The number of unbranched alkanes of at least 4 members (excludes halogenated alkanes) is 22. The zero-order chi connectivity index (χ0) is 32.8. The third-order valence-corrected chi connectivity index (χ3v) is 6.96. The van der Waals surface area contributed by atoms with Crippen LogP contribution in [-0.2, 0) is 0 Å². The molecule has 0 heterocycles. The lowest BCUT2D eigenvalue weighted by Gasteiger charge is -2.03. The monoisotopic (exact) mass is 609 g/mol. The molecule has 0 rings (SSSR count). The first-order valence-electron chi connectivity index (χ1n) is 18.4. The van der Waals surface area contributed by atoms with Crippen LogP contribution in [0.2, 0.25) is 0 Å². The molecule has 0 aromatic carbocycles.